The van der Waals surface area contributed by atoms with Crippen LogP contribution in [0, 0.1) is 11.8 Å². The van der Waals surface area contributed by atoms with Gasteiger partial charge in [-0.3, -0.25) is 14.4 Å². The molecule has 0 N–H and O–H groups in total. The maximum atomic E-state index is 12.8. The van der Waals surface area contributed by atoms with Crippen molar-refractivity contribution in [3.63, 3.8) is 0 Å². The van der Waals surface area contributed by atoms with Crippen LogP contribution in [0.3, 0.4) is 0 Å². The van der Waals surface area contributed by atoms with Crippen LogP contribution in [-0.4, -0.2) is 37.2 Å². The van der Waals surface area contributed by atoms with Gasteiger partial charge in [0.2, 0.25) is 0 Å². The van der Waals surface area contributed by atoms with Crippen LogP contribution in [0.25, 0.3) is 0 Å². The second kappa shape index (κ2) is 47.9. The molecule has 1 atom stereocenters. The van der Waals surface area contributed by atoms with Crippen molar-refractivity contribution in [1.29, 1.82) is 0 Å². The van der Waals surface area contributed by atoms with Crippen molar-refractivity contribution in [2.24, 2.45) is 11.8 Å². The van der Waals surface area contributed by atoms with Crippen LogP contribution < -0.4 is 0 Å². The number of carbonyl (C=O) groups is 3. The molecule has 0 saturated carbocycles. The highest BCUT2D eigenvalue weighted by Gasteiger charge is 2.19. The summed E-state index contributed by atoms with van der Waals surface area (Å²) in [6.45, 7) is 11.3. The molecule has 362 valence electrons. The lowest BCUT2D eigenvalue weighted by Gasteiger charge is -2.18. The molecule has 0 rings (SSSR count). The van der Waals surface area contributed by atoms with Crippen molar-refractivity contribution in [3.05, 3.63) is 0 Å². The summed E-state index contributed by atoms with van der Waals surface area (Å²) in [5, 5.41) is 0. The zero-order valence-electron chi connectivity index (χ0n) is 41.8. The number of rotatable bonds is 49. The van der Waals surface area contributed by atoms with E-state index >= 15 is 0 Å². The van der Waals surface area contributed by atoms with E-state index in [1.807, 2.05) is 0 Å². The van der Waals surface area contributed by atoms with Gasteiger partial charge in [0, 0.05) is 19.3 Å². The molecule has 61 heavy (non-hydrogen) atoms. The van der Waals surface area contributed by atoms with E-state index in [9.17, 15) is 14.4 Å². The first-order chi connectivity index (χ1) is 29.7. The lowest BCUT2D eigenvalue weighted by atomic mass is 10.0. The van der Waals surface area contributed by atoms with Gasteiger partial charge in [-0.05, 0) is 31.1 Å². The summed E-state index contributed by atoms with van der Waals surface area (Å²) < 4.78 is 16.8. The summed E-state index contributed by atoms with van der Waals surface area (Å²) in [7, 11) is 0. The minimum atomic E-state index is -0.762. The Morgan fingerprint density at radius 3 is 0.803 bits per heavy atom. The first kappa shape index (κ1) is 59.4. The van der Waals surface area contributed by atoms with Gasteiger partial charge in [-0.25, -0.2) is 0 Å². The highest BCUT2D eigenvalue weighted by Crippen LogP contribution is 2.18. The molecular weight excluding hydrogens is 757 g/mol. The van der Waals surface area contributed by atoms with Gasteiger partial charge < -0.3 is 14.2 Å². The Kier molecular flexibility index (Phi) is 46.6. The molecular formula is C55H106O6. The Morgan fingerprint density at radius 1 is 0.311 bits per heavy atom. The molecule has 0 aromatic carbocycles. The van der Waals surface area contributed by atoms with Gasteiger partial charge in [-0.15, -0.1) is 0 Å². The van der Waals surface area contributed by atoms with Crippen molar-refractivity contribution >= 4 is 17.9 Å². The molecule has 0 amide bonds. The molecule has 0 bridgehead atoms. The number of esters is 3. The smallest absolute Gasteiger partial charge is 0.306 e. The molecule has 0 spiro atoms. The van der Waals surface area contributed by atoms with Crippen LogP contribution in [0.15, 0.2) is 0 Å². The zero-order chi connectivity index (χ0) is 44.7. The van der Waals surface area contributed by atoms with Crippen molar-refractivity contribution in [2.75, 3.05) is 13.2 Å². The third kappa shape index (κ3) is 49.3. The molecule has 6 heteroatoms. The molecule has 0 aromatic heterocycles. The van der Waals surface area contributed by atoms with Crippen LogP contribution in [0.4, 0.5) is 0 Å². The molecule has 0 aromatic rings. The topological polar surface area (TPSA) is 78.9 Å². The summed E-state index contributed by atoms with van der Waals surface area (Å²) in [6, 6.07) is 0. The zero-order valence-corrected chi connectivity index (χ0v) is 41.8. The van der Waals surface area contributed by atoms with Gasteiger partial charge in [0.05, 0.1) is 0 Å². The summed E-state index contributed by atoms with van der Waals surface area (Å²) in [6.07, 6.45) is 49.6. The highest BCUT2D eigenvalue weighted by atomic mass is 16.6. The fraction of sp³-hybridized carbons (Fsp3) is 0.945. The predicted octanol–water partition coefficient (Wildman–Crippen LogP) is 17.7. The summed E-state index contributed by atoms with van der Waals surface area (Å²) >= 11 is 0. The fourth-order valence-corrected chi connectivity index (χ4v) is 8.34. The second-order valence-electron chi connectivity index (χ2n) is 19.8. The maximum Gasteiger partial charge on any atom is 0.306 e. The van der Waals surface area contributed by atoms with Crippen LogP contribution in [0.1, 0.15) is 304 Å². The Labute approximate surface area is 380 Å². The average molecular weight is 863 g/mol. The molecule has 0 fully saturated rings. The quantitative estimate of drug-likeness (QED) is 0.0344. The summed E-state index contributed by atoms with van der Waals surface area (Å²) in [4.78, 5) is 38.0. The molecule has 0 saturated heterocycles. The van der Waals surface area contributed by atoms with Gasteiger partial charge in [0.25, 0.3) is 0 Å². The summed E-state index contributed by atoms with van der Waals surface area (Å²) in [5.74, 6) is 0.755. The lowest BCUT2D eigenvalue weighted by Crippen LogP contribution is -2.30. The number of hydrogen-bond acceptors (Lipinski definition) is 6. The highest BCUT2D eigenvalue weighted by molar-refractivity contribution is 5.71. The van der Waals surface area contributed by atoms with Gasteiger partial charge in [-0.2, -0.15) is 0 Å². The van der Waals surface area contributed by atoms with E-state index in [1.165, 1.54) is 193 Å². The first-order valence-corrected chi connectivity index (χ1v) is 27.2. The Hall–Kier alpha value is -1.59. The maximum absolute atomic E-state index is 12.8. The minimum Gasteiger partial charge on any atom is -0.462 e. The van der Waals surface area contributed by atoms with Crippen LogP contribution >= 0.6 is 0 Å². The fourth-order valence-electron chi connectivity index (χ4n) is 8.34. The largest absolute Gasteiger partial charge is 0.462 e. The number of ether oxygens (including phenoxy) is 3. The molecule has 0 aliphatic carbocycles. The molecule has 6 nitrogen and oxygen atoms in total. The van der Waals surface area contributed by atoms with Crippen molar-refractivity contribution in [3.8, 4) is 0 Å². The molecule has 0 aliphatic rings. The first-order valence-electron chi connectivity index (χ1n) is 27.2. The predicted molar refractivity (Wildman–Crippen MR) is 261 cm³/mol. The second-order valence-corrected chi connectivity index (χ2v) is 19.8. The van der Waals surface area contributed by atoms with Gasteiger partial charge in [0.15, 0.2) is 6.10 Å². The van der Waals surface area contributed by atoms with E-state index < -0.39 is 6.10 Å². The monoisotopic (exact) mass is 863 g/mol. The van der Waals surface area contributed by atoms with Gasteiger partial charge in [0.1, 0.15) is 13.2 Å². The Bertz CT molecular complexity index is 931. The van der Waals surface area contributed by atoms with E-state index in [4.69, 9.17) is 14.2 Å². The van der Waals surface area contributed by atoms with Gasteiger partial charge >= 0.3 is 17.9 Å². The van der Waals surface area contributed by atoms with Crippen molar-refractivity contribution < 1.29 is 28.6 Å². The van der Waals surface area contributed by atoms with Gasteiger partial charge in [-0.1, -0.05) is 266 Å². The van der Waals surface area contributed by atoms with E-state index in [-0.39, 0.29) is 31.1 Å². The van der Waals surface area contributed by atoms with Crippen molar-refractivity contribution in [2.45, 2.75) is 310 Å². The number of hydrogen-bond donors (Lipinski definition) is 0. The van der Waals surface area contributed by atoms with Crippen molar-refractivity contribution in [1.82, 2.24) is 0 Å². The van der Waals surface area contributed by atoms with Crippen LogP contribution in [-0.2, 0) is 28.6 Å². The molecule has 0 radical (unpaired) electrons. The van der Waals surface area contributed by atoms with Crippen LogP contribution in [0.5, 0.6) is 0 Å². The SMILES string of the molecule is CCCCCCCCCCCCCCCCCCCCCC(=O)OC[C@H](COC(=O)CCCCCCCCCCCCCC(C)C)OC(=O)CCCCCCCCCC(C)C. The van der Waals surface area contributed by atoms with E-state index in [1.54, 1.807) is 0 Å². The lowest BCUT2D eigenvalue weighted by molar-refractivity contribution is -0.167. The third-order valence-corrected chi connectivity index (χ3v) is 12.5. The number of carbonyl (C=O) groups excluding carboxylic acids is 3. The van der Waals surface area contributed by atoms with E-state index in [0.29, 0.717) is 19.3 Å². The van der Waals surface area contributed by atoms with E-state index in [2.05, 4.69) is 34.6 Å². The summed E-state index contributed by atoms with van der Waals surface area (Å²) in [5.41, 5.74) is 0. The Morgan fingerprint density at radius 2 is 0.541 bits per heavy atom. The standard InChI is InChI=1S/C55H106O6/c1-6-7-8-9-10-11-12-13-14-15-16-17-18-19-22-25-30-35-40-45-53(56)59-48-52(61-55(58)47-42-37-32-27-29-34-39-44-51(4)5)49-60-54(57)46-41-36-31-26-23-20-21-24-28-33-38-43-50(2)3/h50-52H,6-49H2,1-5H3/t52-/m1/s1. The van der Waals surface area contributed by atoms with E-state index in [0.717, 1.165) is 69.6 Å². The Balaban J connectivity index is 4.22. The molecule has 0 heterocycles. The van der Waals surface area contributed by atoms with Crippen LogP contribution in [0.2, 0.25) is 0 Å². The average Bonchev–Trinajstić information content (AvgIpc) is 3.23. The number of unbranched alkanes of at least 4 members (excludes halogenated alkanes) is 34. The molecule has 0 unspecified atom stereocenters. The molecule has 0 aliphatic heterocycles. The normalized spacial score (nSPS) is 12.0. The third-order valence-electron chi connectivity index (χ3n) is 12.5. The minimum absolute atomic E-state index is 0.0642.